The van der Waals surface area contributed by atoms with E-state index in [1.54, 1.807) is 13.8 Å². The largest absolute Gasteiger partial charge is 0.393 e. The van der Waals surface area contributed by atoms with Gasteiger partial charge in [0.1, 0.15) is 17.3 Å². The lowest BCUT2D eigenvalue weighted by molar-refractivity contribution is -0.124. The number of Topliss-reactive ketones (excluding diaryl/α,β-unsaturated/α-hetero) is 3. The lowest BCUT2D eigenvalue weighted by atomic mass is 9.93. The van der Waals surface area contributed by atoms with Crippen molar-refractivity contribution in [3.05, 3.63) is 96.1 Å². The van der Waals surface area contributed by atoms with Gasteiger partial charge in [0, 0.05) is 24.2 Å². The Bertz CT molecular complexity index is 1540. The number of rotatable bonds is 6. The van der Waals surface area contributed by atoms with E-state index in [0.29, 0.717) is 12.8 Å². The van der Waals surface area contributed by atoms with Gasteiger partial charge in [0.05, 0.1) is 6.10 Å². The fraction of sp³-hybridized carbons (Fsp3) is 0.361. The second kappa shape index (κ2) is 12.3. The molecule has 0 bridgehead atoms. The first-order valence-electron chi connectivity index (χ1n) is 14.4. The van der Waals surface area contributed by atoms with Crippen LogP contribution in [0, 0.1) is 23.7 Å². The monoisotopic (exact) mass is 534 g/mol. The van der Waals surface area contributed by atoms with Crippen LogP contribution in [0.25, 0.3) is 21.5 Å². The molecule has 1 unspecified atom stereocenters. The number of ketones is 3. The Morgan fingerprint density at radius 2 is 1.20 bits per heavy atom. The molecule has 2 aliphatic rings. The highest BCUT2D eigenvalue weighted by atomic mass is 16.3. The number of benzene rings is 4. The second-order valence-corrected chi connectivity index (χ2v) is 11.8. The molecule has 6 rings (SSSR count). The van der Waals surface area contributed by atoms with Crippen LogP contribution in [0.5, 0.6) is 0 Å². The number of carbonyl (C=O) groups excluding carboxylic acids is 3. The number of aliphatic hydroxyl groups is 1. The lowest BCUT2D eigenvalue weighted by Gasteiger charge is -2.14. The van der Waals surface area contributed by atoms with Gasteiger partial charge in [0.2, 0.25) is 0 Å². The summed E-state index contributed by atoms with van der Waals surface area (Å²) >= 11 is 0. The maximum absolute atomic E-state index is 12.0. The van der Waals surface area contributed by atoms with Crippen molar-refractivity contribution in [2.75, 3.05) is 0 Å². The van der Waals surface area contributed by atoms with E-state index in [1.165, 1.54) is 32.7 Å². The highest BCUT2D eigenvalue weighted by Gasteiger charge is 2.35. The molecule has 0 amide bonds. The molecule has 0 saturated heterocycles. The first-order valence-corrected chi connectivity index (χ1v) is 14.4. The summed E-state index contributed by atoms with van der Waals surface area (Å²) in [6, 6.07) is 29.4. The van der Waals surface area contributed by atoms with Gasteiger partial charge in [-0.1, -0.05) is 84.9 Å². The van der Waals surface area contributed by atoms with Crippen LogP contribution in [-0.2, 0) is 27.2 Å². The van der Waals surface area contributed by atoms with Gasteiger partial charge in [-0.25, -0.2) is 0 Å². The van der Waals surface area contributed by atoms with Crippen LogP contribution in [0.3, 0.4) is 0 Å². The SMILES string of the molecule is CC(=O)[C@@H]1CC(=O)[C@@H](Cc2ccc3ccccc3c2)C1.CC(=O)[C@@H]1CC(O)[C@@H](Cc2ccc3ccccc3c2)C1. The number of aliphatic hydroxyl groups excluding tert-OH is 1. The van der Waals surface area contributed by atoms with Crippen molar-refractivity contribution in [3.63, 3.8) is 0 Å². The van der Waals surface area contributed by atoms with Gasteiger partial charge in [-0.05, 0) is 84.5 Å². The molecule has 0 aliphatic heterocycles. The number of hydrogen-bond acceptors (Lipinski definition) is 4. The number of fused-ring (bicyclic) bond motifs is 2. The summed E-state index contributed by atoms with van der Waals surface area (Å²) < 4.78 is 0. The van der Waals surface area contributed by atoms with E-state index >= 15 is 0 Å². The third kappa shape index (κ3) is 6.56. The average molecular weight is 535 g/mol. The second-order valence-electron chi connectivity index (χ2n) is 11.8. The summed E-state index contributed by atoms with van der Waals surface area (Å²) in [6.45, 7) is 3.23. The molecular formula is C36H38O4. The summed E-state index contributed by atoms with van der Waals surface area (Å²) in [4.78, 5) is 34.9. The molecule has 4 heteroatoms. The highest BCUT2D eigenvalue weighted by Crippen LogP contribution is 2.35. The van der Waals surface area contributed by atoms with Crippen molar-refractivity contribution in [2.45, 2.75) is 58.5 Å². The van der Waals surface area contributed by atoms with Gasteiger partial charge >= 0.3 is 0 Å². The van der Waals surface area contributed by atoms with E-state index in [-0.39, 0.29) is 47.1 Å². The summed E-state index contributed by atoms with van der Waals surface area (Å²) in [5.41, 5.74) is 2.43. The fourth-order valence-electron chi connectivity index (χ4n) is 6.45. The van der Waals surface area contributed by atoms with E-state index < -0.39 is 0 Å². The summed E-state index contributed by atoms with van der Waals surface area (Å²) in [6.07, 6.45) is 3.89. The van der Waals surface area contributed by atoms with E-state index in [2.05, 4.69) is 60.7 Å². The van der Waals surface area contributed by atoms with Gasteiger partial charge in [0.15, 0.2) is 0 Å². The molecule has 2 saturated carbocycles. The van der Waals surface area contributed by atoms with Crippen molar-refractivity contribution in [3.8, 4) is 0 Å². The van der Waals surface area contributed by atoms with Crippen LogP contribution in [0.1, 0.15) is 50.7 Å². The third-order valence-corrected chi connectivity index (χ3v) is 8.89. The third-order valence-electron chi connectivity index (χ3n) is 8.89. The molecule has 206 valence electrons. The van der Waals surface area contributed by atoms with Crippen molar-refractivity contribution in [2.24, 2.45) is 23.7 Å². The van der Waals surface area contributed by atoms with Crippen molar-refractivity contribution < 1.29 is 19.5 Å². The molecule has 0 aromatic heterocycles. The standard InChI is InChI=1S/C18H20O2.C18H18O2/c2*1-12(19)16-10-17(18(20)11-16)9-13-6-7-14-4-2-3-5-15(14)8-13/h2-8,16-18,20H,9-11H2,1H3;2-8,16-17H,9-11H2,1H3/t16-,17-,18?;16-,17-/m00/s1. The minimum absolute atomic E-state index is 0.0186. The summed E-state index contributed by atoms with van der Waals surface area (Å²) in [5.74, 6) is 0.848. The van der Waals surface area contributed by atoms with Crippen molar-refractivity contribution in [1.29, 1.82) is 0 Å². The van der Waals surface area contributed by atoms with E-state index in [1.807, 2.05) is 24.3 Å². The molecule has 4 aromatic carbocycles. The molecule has 40 heavy (non-hydrogen) atoms. The van der Waals surface area contributed by atoms with Crippen LogP contribution < -0.4 is 0 Å². The van der Waals surface area contributed by atoms with Crippen molar-refractivity contribution >= 4 is 38.9 Å². The molecule has 0 spiro atoms. The zero-order valence-electron chi connectivity index (χ0n) is 23.4. The normalized spacial score (nSPS) is 24.2. The van der Waals surface area contributed by atoms with Gasteiger partial charge in [-0.15, -0.1) is 0 Å². The topological polar surface area (TPSA) is 71.4 Å². The van der Waals surface area contributed by atoms with E-state index in [0.717, 1.165) is 25.7 Å². The fourth-order valence-corrected chi connectivity index (χ4v) is 6.45. The zero-order valence-corrected chi connectivity index (χ0v) is 23.4. The Hall–Kier alpha value is -3.63. The van der Waals surface area contributed by atoms with Gasteiger partial charge in [-0.3, -0.25) is 14.4 Å². The number of carbonyl (C=O) groups is 3. The minimum Gasteiger partial charge on any atom is -0.393 e. The smallest absolute Gasteiger partial charge is 0.137 e. The molecule has 4 aromatic rings. The molecule has 1 N–H and O–H groups in total. The summed E-state index contributed by atoms with van der Waals surface area (Å²) in [7, 11) is 0. The maximum atomic E-state index is 12.0. The lowest BCUT2D eigenvalue weighted by Crippen LogP contribution is -2.15. The van der Waals surface area contributed by atoms with Gasteiger partial charge in [-0.2, -0.15) is 0 Å². The Kier molecular flexibility index (Phi) is 8.56. The van der Waals surface area contributed by atoms with Crippen LogP contribution >= 0.6 is 0 Å². The predicted octanol–water partition coefficient (Wildman–Crippen LogP) is 6.93. The molecule has 5 atom stereocenters. The van der Waals surface area contributed by atoms with Crippen molar-refractivity contribution in [1.82, 2.24) is 0 Å². The molecule has 2 fully saturated rings. The van der Waals surface area contributed by atoms with Crippen LogP contribution in [0.15, 0.2) is 84.9 Å². The minimum atomic E-state index is -0.338. The van der Waals surface area contributed by atoms with Crippen LogP contribution in [-0.4, -0.2) is 28.6 Å². The zero-order chi connectivity index (χ0) is 28.2. The Morgan fingerprint density at radius 3 is 1.70 bits per heavy atom. The first-order chi connectivity index (χ1) is 19.3. The Labute approximate surface area is 236 Å². The molecule has 0 radical (unpaired) electrons. The molecular weight excluding hydrogens is 496 g/mol. The van der Waals surface area contributed by atoms with Gasteiger partial charge < -0.3 is 5.11 Å². The maximum Gasteiger partial charge on any atom is 0.137 e. The van der Waals surface area contributed by atoms with Crippen LogP contribution in [0.2, 0.25) is 0 Å². The summed E-state index contributed by atoms with van der Waals surface area (Å²) in [5, 5.41) is 15.0. The highest BCUT2D eigenvalue weighted by molar-refractivity contribution is 5.92. The van der Waals surface area contributed by atoms with E-state index in [4.69, 9.17) is 0 Å². The first kappa shape index (κ1) is 27.9. The van der Waals surface area contributed by atoms with Gasteiger partial charge in [0.25, 0.3) is 0 Å². The number of hydrogen-bond donors (Lipinski definition) is 1. The quantitative estimate of drug-likeness (QED) is 0.291. The van der Waals surface area contributed by atoms with Crippen LogP contribution in [0.4, 0.5) is 0 Å². The Balaban J connectivity index is 0.000000161. The molecule has 2 aliphatic carbocycles. The predicted molar refractivity (Wildman–Crippen MR) is 160 cm³/mol. The Morgan fingerprint density at radius 1 is 0.675 bits per heavy atom. The molecule has 4 nitrogen and oxygen atoms in total. The molecule has 0 heterocycles. The van der Waals surface area contributed by atoms with E-state index in [9.17, 15) is 19.5 Å². The average Bonchev–Trinajstić information content (AvgIpc) is 3.51.